The lowest BCUT2D eigenvalue weighted by atomic mass is 10.0. The summed E-state index contributed by atoms with van der Waals surface area (Å²) >= 11 is 0. The molecule has 0 atom stereocenters. The van der Waals surface area contributed by atoms with Crippen molar-refractivity contribution < 1.29 is 9.53 Å². The SMILES string of the molecule is CCn1nc(C)c(-c2cc(C(=O)OC)c3c(C)nn(C)c3n2)c1C. The van der Waals surface area contributed by atoms with E-state index in [-0.39, 0.29) is 0 Å². The molecule has 0 bridgehead atoms. The summed E-state index contributed by atoms with van der Waals surface area (Å²) in [5.74, 6) is -0.391. The summed E-state index contributed by atoms with van der Waals surface area (Å²) in [6.07, 6.45) is 0. The summed E-state index contributed by atoms with van der Waals surface area (Å²) in [5, 5.41) is 9.67. The highest BCUT2D eigenvalue weighted by Gasteiger charge is 2.22. The normalized spacial score (nSPS) is 11.2. The molecule has 0 aliphatic carbocycles. The van der Waals surface area contributed by atoms with Crippen molar-refractivity contribution in [3.8, 4) is 11.3 Å². The van der Waals surface area contributed by atoms with Gasteiger partial charge < -0.3 is 4.74 Å². The molecule has 7 nitrogen and oxygen atoms in total. The third kappa shape index (κ3) is 2.28. The lowest BCUT2D eigenvalue weighted by molar-refractivity contribution is 0.0603. The van der Waals surface area contributed by atoms with Crippen LogP contribution in [0.15, 0.2) is 6.07 Å². The maximum atomic E-state index is 12.3. The number of esters is 1. The summed E-state index contributed by atoms with van der Waals surface area (Å²) in [6, 6.07) is 1.78. The number of rotatable bonds is 3. The largest absolute Gasteiger partial charge is 0.465 e. The van der Waals surface area contributed by atoms with Gasteiger partial charge in [-0.2, -0.15) is 10.2 Å². The predicted octanol–water partition coefficient (Wildman–Crippen LogP) is 2.56. The Balaban J connectivity index is 2.37. The van der Waals surface area contributed by atoms with Crippen LogP contribution in [0.5, 0.6) is 0 Å². The first-order valence-corrected chi connectivity index (χ1v) is 7.86. The van der Waals surface area contributed by atoms with E-state index in [1.807, 2.05) is 39.4 Å². The smallest absolute Gasteiger partial charge is 0.338 e. The molecule has 3 rings (SSSR count). The first-order chi connectivity index (χ1) is 11.4. The van der Waals surface area contributed by atoms with Gasteiger partial charge in [0.15, 0.2) is 5.65 Å². The van der Waals surface area contributed by atoms with Crippen LogP contribution in [0.1, 0.15) is 34.4 Å². The Hall–Kier alpha value is -2.70. The van der Waals surface area contributed by atoms with E-state index in [1.165, 1.54) is 7.11 Å². The number of aryl methyl sites for hydroxylation is 4. The highest BCUT2D eigenvalue weighted by molar-refractivity contribution is 6.05. The fourth-order valence-electron chi connectivity index (χ4n) is 3.22. The fourth-order valence-corrected chi connectivity index (χ4v) is 3.22. The van der Waals surface area contributed by atoms with Crippen LogP contribution in [-0.4, -0.2) is 37.6 Å². The minimum absolute atomic E-state index is 0.391. The predicted molar refractivity (Wildman–Crippen MR) is 91.0 cm³/mol. The quantitative estimate of drug-likeness (QED) is 0.691. The van der Waals surface area contributed by atoms with Crippen LogP contribution in [-0.2, 0) is 18.3 Å². The first kappa shape index (κ1) is 16.2. The average Bonchev–Trinajstić information content (AvgIpc) is 3.01. The van der Waals surface area contributed by atoms with Crippen molar-refractivity contribution in [1.29, 1.82) is 0 Å². The van der Waals surface area contributed by atoms with Crippen LogP contribution in [0, 0.1) is 20.8 Å². The van der Waals surface area contributed by atoms with Gasteiger partial charge in [0.25, 0.3) is 0 Å². The van der Waals surface area contributed by atoms with Crippen molar-refractivity contribution in [3.63, 3.8) is 0 Å². The van der Waals surface area contributed by atoms with E-state index in [2.05, 4.69) is 10.2 Å². The number of hydrogen-bond donors (Lipinski definition) is 0. The summed E-state index contributed by atoms with van der Waals surface area (Å²) in [7, 11) is 3.20. The second-order valence-electron chi connectivity index (χ2n) is 5.82. The van der Waals surface area contributed by atoms with Crippen molar-refractivity contribution in [2.45, 2.75) is 34.2 Å². The monoisotopic (exact) mass is 327 g/mol. The van der Waals surface area contributed by atoms with Crippen LogP contribution in [0.25, 0.3) is 22.3 Å². The third-order valence-electron chi connectivity index (χ3n) is 4.31. The summed E-state index contributed by atoms with van der Waals surface area (Å²) in [4.78, 5) is 17.0. The maximum absolute atomic E-state index is 12.3. The van der Waals surface area contributed by atoms with Crippen molar-refractivity contribution in [2.75, 3.05) is 7.11 Å². The minimum atomic E-state index is -0.391. The van der Waals surface area contributed by atoms with E-state index >= 15 is 0 Å². The Morgan fingerprint density at radius 1 is 1.21 bits per heavy atom. The molecule has 0 amide bonds. The van der Waals surface area contributed by atoms with Gasteiger partial charge in [-0.15, -0.1) is 0 Å². The van der Waals surface area contributed by atoms with Gasteiger partial charge >= 0.3 is 5.97 Å². The van der Waals surface area contributed by atoms with E-state index in [0.717, 1.165) is 34.6 Å². The molecule has 0 saturated heterocycles. The van der Waals surface area contributed by atoms with Gasteiger partial charge in [0.05, 0.1) is 35.1 Å². The van der Waals surface area contributed by atoms with E-state index in [0.29, 0.717) is 16.9 Å². The molecule has 0 saturated carbocycles. The molecule has 0 spiro atoms. The fraction of sp³-hybridized carbons (Fsp3) is 0.412. The zero-order chi connectivity index (χ0) is 17.6. The van der Waals surface area contributed by atoms with Gasteiger partial charge in [-0.25, -0.2) is 9.78 Å². The number of fused-ring (bicyclic) bond motifs is 1. The Labute approximate surface area is 140 Å². The van der Waals surface area contributed by atoms with Crippen molar-refractivity contribution in [3.05, 3.63) is 28.7 Å². The Morgan fingerprint density at radius 3 is 2.50 bits per heavy atom. The Morgan fingerprint density at radius 2 is 1.92 bits per heavy atom. The molecule has 3 aromatic rings. The standard InChI is InChI=1S/C17H21N5O2/c1-7-22-11(4)14(9(2)20-22)13-8-12(17(23)24-6)15-10(3)19-21(5)16(15)18-13/h8H,7H2,1-6H3. The lowest BCUT2D eigenvalue weighted by Gasteiger charge is -2.08. The molecule has 0 aliphatic rings. The van der Waals surface area contributed by atoms with Crippen LogP contribution in [0.2, 0.25) is 0 Å². The summed E-state index contributed by atoms with van der Waals surface area (Å²) in [5.41, 5.74) is 5.46. The van der Waals surface area contributed by atoms with Gasteiger partial charge in [-0.1, -0.05) is 0 Å². The minimum Gasteiger partial charge on any atom is -0.465 e. The molecule has 0 N–H and O–H groups in total. The molecule has 0 aromatic carbocycles. The van der Waals surface area contributed by atoms with E-state index < -0.39 is 5.97 Å². The highest BCUT2D eigenvalue weighted by atomic mass is 16.5. The van der Waals surface area contributed by atoms with Gasteiger partial charge in [0, 0.05) is 24.8 Å². The molecule has 0 radical (unpaired) electrons. The molecular formula is C17H21N5O2. The van der Waals surface area contributed by atoms with E-state index in [4.69, 9.17) is 9.72 Å². The van der Waals surface area contributed by atoms with Crippen molar-refractivity contribution in [2.24, 2.45) is 7.05 Å². The second-order valence-corrected chi connectivity index (χ2v) is 5.82. The molecule has 7 heteroatoms. The molecular weight excluding hydrogens is 306 g/mol. The van der Waals surface area contributed by atoms with E-state index in [1.54, 1.807) is 10.7 Å². The molecule has 3 heterocycles. The van der Waals surface area contributed by atoms with Crippen LogP contribution < -0.4 is 0 Å². The zero-order valence-electron chi connectivity index (χ0n) is 14.8. The van der Waals surface area contributed by atoms with Crippen molar-refractivity contribution >= 4 is 17.0 Å². The third-order valence-corrected chi connectivity index (χ3v) is 4.31. The average molecular weight is 327 g/mol. The number of carbonyl (C=O) groups is 1. The lowest BCUT2D eigenvalue weighted by Crippen LogP contribution is -2.05. The van der Waals surface area contributed by atoms with Crippen LogP contribution >= 0.6 is 0 Å². The number of ether oxygens (including phenoxy) is 1. The van der Waals surface area contributed by atoms with E-state index in [9.17, 15) is 4.79 Å². The molecule has 0 fully saturated rings. The highest BCUT2D eigenvalue weighted by Crippen LogP contribution is 2.30. The summed E-state index contributed by atoms with van der Waals surface area (Å²) < 4.78 is 8.59. The maximum Gasteiger partial charge on any atom is 0.338 e. The molecule has 0 unspecified atom stereocenters. The topological polar surface area (TPSA) is 74.8 Å². The molecule has 0 aliphatic heterocycles. The zero-order valence-corrected chi connectivity index (χ0v) is 14.8. The van der Waals surface area contributed by atoms with Crippen molar-refractivity contribution in [1.82, 2.24) is 24.5 Å². The molecule has 3 aromatic heterocycles. The van der Waals surface area contributed by atoms with Gasteiger partial charge in [0.1, 0.15) is 0 Å². The van der Waals surface area contributed by atoms with Gasteiger partial charge in [-0.05, 0) is 33.8 Å². The number of nitrogens with zero attached hydrogens (tertiary/aromatic N) is 5. The molecule has 126 valence electrons. The molecule has 24 heavy (non-hydrogen) atoms. The van der Waals surface area contributed by atoms with Gasteiger partial charge in [0.2, 0.25) is 0 Å². The number of carbonyl (C=O) groups excluding carboxylic acids is 1. The number of methoxy groups -OCH3 is 1. The van der Waals surface area contributed by atoms with Crippen LogP contribution in [0.3, 0.4) is 0 Å². The second kappa shape index (κ2) is 5.74. The van der Waals surface area contributed by atoms with Crippen LogP contribution in [0.4, 0.5) is 0 Å². The number of hydrogen-bond acceptors (Lipinski definition) is 5. The summed E-state index contributed by atoms with van der Waals surface area (Å²) in [6.45, 7) is 8.65. The number of aromatic nitrogens is 5. The Bertz CT molecular complexity index is 952. The Kier molecular flexibility index (Phi) is 3.87. The van der Waals surface area contributed by atoms with Gasteiger partial charge in [-0.3, -0.25) is 9.36 Å². The first-order valence-electron chi connectivity index (χ1n) is 7.86. The number of pyridine rings is 1.